The van der Waals surface area contributed by atoms with Crippen molar-refractivity contribution in [2.24, 2.45) is 4.99 Å². The average molecular weight is 450 g/mol. The summed E-state index contributed by atoms with van der Waals surface area (Å²) < 4.78 is 12.2. The second-order valence-electron chi connectivity index (χ2n) is 6.70. The molecule has 0 bridgehead atoms. The van der Waals surface area contributed by atoms with E-state index in [-0.39, 0.29) is 5.78 Å². The molecule has 0 saturated carbocycles. The van der Waals surface area contributed by atoms with E-state index in [4.69, 9.17) is 9.15 Å². The van der Waals surface area contributed by atoms with E-state index in [2.05, 4.69) is 41.0 Å². The van der Waals surface area contributed by atoms with E-state index in [0.717, 1.165) is 48.1 Å². The van der Waals surface area contributed by atoms with Gasteiger partial charge in [0.2, 0.25) is 5.78 Å². The topological polar surface area (TPSA) is 51.8 Å². The number of hydrogen-bond acceptors (Lipinski definition) is 4. The molecule has 1 aromatic heterocycles. The van der Waals surface area contributed by atoms with Gasteiger partial charge in [-0.1, -0.05) is 38.7 Å². The van der Waals surface area contributed by atoms with E-state index in [1.54, 1.807) is 6.07 Å². The van der Waals surface area contributed by atoms with Crippen LogP contribution in [0.4, 0.5) is 5.69 Å². The molecular weight excluding hydrogens is 418 g/mol. The van der Waals surface area contributed by atoms with Gasteiger partial charge in [0.05, 0.1) is 4.62 Å². The van der Waals surface area contributed by atoms with Gasteiger partial charge < -0.3 is 9.15 Å². The molecule has 154 valence electrons. The number of halogens is 1. The van der Waals surface area contributed by atoms with Crippen LogP contribution in [0.25, 0.3) is 5.57 Å². The van der Waals surface area contributed by atoms with Crippen molar-refractivity contribution in [3.63, 3.8) is 0 Å². The third-order valence-electron chi connectivity index (χ3n) is 4.27. The van der Waals surface area contributed by atoms with Crippen LogP contribution in [-0.4, -0.2) is 23.6 Å². The molecule has 0 unspecified atom stereocenters. The molecule has 0 fully saturated rings. The van der Waals surface area contributed by atoms with Crippen LogP contribution in [-0.2, 0) is 4.74 Å². The van der Waals surface area contributed by atoms with Crippen molar-refractivity contribution in [3.8, 4) is 0 Å². The highest BCUT2D eigenvalue weighted by molar-refractivity contribution is 9.18. The van der Waals surface area contributed by atoms with Crippen molar-refractivity contribution in [1.29, 1.82) is 0 Å². The third-order valence-corrected chi connectivity index (χ3v) is 5.01. The maximum atomic E-state index is 12.5. The first kappa shape index (κ1) is 24.3. The van der Waals surface area contributed by atoms with E-state index in [1.165, 1.54) is 0 Å². The van der Waals surface area contributed by atoms with Crippen molar-refractivity contribution in [2.75, 3.05) is 13.2 Å². The normalized spacial score (nSPS) is 12.3. The summed E-state index contributed by atoms with van der Waals surface area (Å²) in [6, 6.07) is 1.69. The minimum Gasteiger partial charge on any atom is -0.451 e. The Morgan fingerprint density at radius 3 is 2.64 bits per heavy atom. The zero-order valence-corrected chi connectivity index (χ0v) is 19.2. The Morgan fingerprint density at radius 2 is 2.04 bits per heavy atom. The van der Waals surface area contributed by atoms with Crippen molar-refractivity contribution >= 4 is 37.6 Å². The lowest BCUT2D eigenvalue weighted by Gasteiger charge is -2.09. The number of furan rings is 1. The van der Waals surface area contributed by atoms with E-state index < -0.39 is 0 Å². The largest absolute Gasteiger partial charge is 0.451 e. The number of nitrogens with zero attached hydrogens (tertiary/aromatic N) is 1. The van der Waals surface area contributed by atoms with Crippen LogP contribution in [0.15, 0.2) is 45.9 Å². The minimum atomic E-state index is -0.0719. The molecule has 1 rings (SSSR count). The predicted octanol–water partition coefficient (Wildman–Crippen LogP) is 7.43. The molecule has 0 atom stereocenters. The van der Waals surface area contributed by atoms with Crippen LogP contribution in [0.2, 0.25) is 0 Å². The molecule has 1 heterocycles. The van der Waals surface area contributed by atoms with E-state index >= 15 is 0 Å². The summed E-state index contributed by atoms with van der Waals surface area (Å²) in [5.41, 5.74) is 3.14. The number of rotatable bonds is 13. The van der Waals surface area contributed by atoms with Gasteiger partial charge in [-0.3, -0.25) is 4.79 Å². The fourth-order valence-electron chi connectivity index (χ4n) is 2.42. The maximum Gasteiger partial charge on any atom is 0.202 e. The zero-order valence-electron chi connectivity index (χ0n) is 17.6. The van der Waals surface area contributed by atoms with E-state index in [9.17, 15) is 4.79 Å². The Kier molecular flexibility index (Phi) is 11.0. The standard InChI is InChI=1S/C23H32BrNO3/c1-7-12-27-13-10-11-17(5)18(6)23-19(25-22(24)9-3)15-21(28-23)20(26)14-16(4)8-2/h8,15H,5-7,9-14H2,1-4H3/b16-8-,25-22?. The number of ether oxygens (including phenoxy) is 1. The second-order valence-corrected chi connectivity index (χ2v) is 7.62. The van der Waals surface area contributed by atoms with Crippen molar-refractivity contribution < 1.29 is 13.9 Å². The number of carbonyl (C=O) groups is 1. The number of aliphatic imine (C=N–C) groups is 1. The molecular formula is C23H32BrNO3. The molecule has 0 radical (unpaired) electrons. The van der Waals surface area contributed by atoms with Crippen LogP contribution >= 0.6 is 15.9 Å². The first-order valence-corrected chi connectivity index (χ1v) is 10.6. The second kappa shape index (κ2) is 12.7. The summed E-state index contributed by atoms with van der Waals surface area (Å²) in [5, 5.41) is 0. The van der Waals surface area contributed by atoms with Crippen LogP contribution in [0.3, 0.4) is 0 Å². The molecule has 5 heteroatoms. The molecule has 28 heavy (non-hydrogen) atoms. The SMILES string of the molecule is C=C(CCCOCCC)C(=C)c1oc(C(=O)C/C(C)=C\C)cc1N=C(Br)CC. The average Bonchev–Trinajstić information content (AvgIpc) is 3.10. The van der Waals surface area contributed by atoms with Gasteiger partial charge in [0.15, 0.2) is 11.5 Å². The van der Waals surface area contributed by atoms with E-state index in [1.807, 2.05) is 26.8 Å². The highest BCUT2D eigenvalue weighted by Gasteiger charge is 2.20. The Hall–Kier alpha value is -1.72. The molecule has 0 aliphatic rings. The van der Waals surface area contributed by atoms with Gasteiger partial charge in [-0.15, -0.1) is 0 Å². The van der Waals surface area contributed by atoms with Crippen LogP contribution in [0, 0.1) is 0 Å². The smallest absolute Gasteiger partial charge is 0.202 e. The van der Waals surface area contributed by atoms with Crippen molar-refractivity contribution in [1.82, 2.24) is 0 Å². The van der Waals surface area contributed by atoms with Gasteiger partial charge in [-0.05, 0) is 61.0 Å². The highest BCUT2D eigenvalue weighted by atomic mass is 79.9. The summed E-state index contributed by atoms with van der Waals surface area (Å²) in [4.78, 5) is 17.1. The number of Topliss-reactive ketones (excluding diaryl/α,β-unsaturated/α-hetero) is 1. The monoisotopic (exact) mass is 449 g/mol. The minimum absolute atomic E-state index is 0.0719. The van der Waals surface area contributed by atoms with Gasteiger partial charge in [0.25, 0.3) is 0 Å². The molecule has 0 aliphatic heterocycles. The van der Waals surface area contributed by atoms with Crippen LogP contribution < -0.4 is 0 Å². The number of allylic oxidation sites excluding steroid dienone is 4. The molecule has 4 nitrogen and oxygen atoms in total. The Morgan fingerprint density at radius 1 is 1.32 bits per heavy atom. The fourth-order valence-corrected chi connectivity index (χ4v) is 2.61. The third kappa shape index (κ3) is 7.72. The lowest BCUT2D eigenvalue weighted by atomic mass is 10.0. The predicted molar refractivity (Wildman–Crippen MR) is 122 cm³/mol. The number of hydrogen-bond donors (Lipinski definition) is 0. The summed E-state index contributed by atoms with van der Waals surface area (Å²) in [6.07, 6.45) is 5.62. The molecule has 0 aromatic carbocycles. The summed E-state index contributed by atoms with van der Waals surface area (Å²) >= 11 is 3.44. The summed E-state index contributed by atoms with van der Waals surface area (Å²) in [7, 11) is 0. The zero-order chi connectivity index (χ0) is 21.1. The fraction of sp³-hybridized carbons (Fsp3) is 0.478. The quantitative estimate of drug-likeness (QED) is 0.103. The van der Waals surface area contributed by atoms with Crippen molar-refractivity contribution in [3.05, 3.63) is 48.0 Å². The van der Waals surface area contributed by atoms with Crippen LogP contribution in [0.5, 0.6) is 0 Å². The molecule has 1 aromatic rings. The van der Waals surface area contributed by atoms with Gasteiger partial charge in [-0.2, -0.15) is 0 Å². The molecule has 0 amide bonds. The van der Waals surface area contributed by atoms with Crippen LogP contribution in [0.1, 0.15) is 76.1 Å². The Bertz CT molecular complexity index is 756. The number of ketones is 1. The first-order chi connectivity index (χ1) is 13.3. The first-order valence-electron chi connectivity index (χ1n) is 9.80. The molecule has 0 aliphatic carbocycles. The van der Waals surface area contributed by atoms with Gasteiger partial charge in [0.1, 0.15) is 5.69 Å². The van der Waals surface area contributed by atoms with Gasteiger partial charge in [-0.25, -0.2) is 4.99 Å². The molecule has 0 spiro atoms. The lowest BCUT2D eigenvalue weighted by molar-refractivity contribution is 0.0966. The van der Waals surface area contributed by atoms with Gasteiger partial charge in [0, 0.05) is 31.3 Å². The number of carbonyl (C=O) groups excluding carboxylic acids is 1. The Balaban J connectivity index is 3.02. The van der Waals surface area contributed by atoms with E-state index in [0.29, 0.717) is 35.8 Å². The summed E-state index contributed by atoms with van der Waals surface area (Å²) in [6.45, 7) is 17.7. The van der Waals surface area contributed by atoms with Gasteiger partial charge >= 0.3 is 0 Å². The Labute approximate surface area is 177 Å². The lowest BCUT2D eigenvalue weighted by Crippen LogP contribution is -1.98. The molecule has 0 N–H and O–H groups in total. The van der Waals surface area contributed by atoms with Crippen molar-refractivity contribution in [2.45, 2.75) is 59.8 Å². The maximum absolute atomic E-state index is 12.5. The summed E-state index contributed by atoms with van der Waals surface area (Å²) in [5.74, 6) is 0.732. The highest BCUT2D eigenvalue weighted by Crippen LogP contribution is 2.35. The molecule has 0 saturated heterocycles.